The quantitative estimate of drug-likeness (QED) is 0.734. The minimum absolute atomic E-state index is 0.0131. The molecule has 0 spiro atoms. The summed E-state index contributed by atoms with van der Waals surface area (Å²) in [5.74, 6) is 0.0131. The predicted octanol–water partition coefficient (Wildman–Crippen LogP) is 4.34. The van der Waals surface area contributed by atoms with Crippen LogP contribution in [0.3, 0.4) is 0 Å². The number of aromatic nitrogens is 1. The van der Waals surface area contributed by atoms with E-state index >= 15 is 0 Å². The number of H-pyrrole nitrogens is 1. The van der Waals surface area contributed by atoms with Gasteiger partial charge in [0.1, 0.15) is 0 Å². The summed E-state index contributed by atoms with van der Waals surface area (Å²) in [6.45, 7) is 0.670. The van der Waals surface area contributed by atoms with E-state index < -0.39 is 0 Å². The molecule has 0 bridgehead atoms. The fourth-order valence-electron chi connectivity index (χ4n) is 2.97. The third-order valence-electron chi connectivity index (χ3n) is 4.40. The summed E-state index contributed by atoms with van der Waals surface area (Å²) in [6.07, 6.45) is 4.25. The Kier molecular flexibility index (Phi) is 3.24. The molecule has 1 aliphatic carbocycles. The van der Waals surface area contributed by atoms with Gasteiger partial charge in [-0.25, -0.2) is 0 Å². The molecule has 1 amide bonds. The molecule has 2 heterocycles. The van der Waals surface area contributed by atoms with Gasteiger partial charge in [0.2, 0.25) is 0 Å². The molecule has 0 atom stereocenters. The Morgan fingerprint density at radius 3 is 2.95 bits per heavy atom. The van der Waals surface area contributed by atoms with Crippen molar-refractivity contribution < 1.29 is 4.79 Å². The van der Waals surface area contributed by atoms with E-state index in [1.165, 1.54) is 16.9 Å². The molecule has 0 aliphatic heterocycles. The van der Waals surface area contributed by atoms with Crippen molar-refractivity contribution in [3.8, 4) is 0 Å². The number of hydrogen-bond acceptors (Lipinski definition) is 2. The monoisotopic (exact) mass is 330 g/mol. The van der Waals surface area contributed by atoms with Gasteiger partial charge in [0, 0.05) is 34.1 Å². The molecule has 22 heavy (non-hydrogen) atoms. The van der Waals surface area contributed by atoms with Crippen molar-refractivity contribution in [2.24, 2.45) is 0 Å². The predicted molar refractivity (Wildman–Crippen MR) is 90.9 cm³/mol. The molecule has 2 N–H and O–H groups in total. The second-order valence-corrected chi connectivity index (χ2v) is 7.22. The molecule has 0 radical (unpaired) electrons. The van der Waals surface area contributed by atoms with Gasteiger partial charge in [-0.05, 0) is 48.1 Å². The molecular formula is C17H15ClN2OS. The van der Waals surface area contributed by atoms with Gasteiger partial charge in [-0.3, -0.25) is 4.79 Å². The minimum atomic E-state index is 0.0131. The van der Waals surface area contributed by atoms with Crippen molar-refractivity contribution in [3.05, 3.63) is 57.4 Å². The third-order valence-corrected chi connectivity index (χ3v) is 5.50. The van der Waals surface area contributed by atoms with E-state index in [1.54, 1.807) is 0 Å². The maximum Gasteiger partial charge on any atom is 0.261 e. The molecule has 3 nitrogen and oxygen atoms in total. The summed E-state index contributed by atoms with van der Waals surface area (Å²) in [6, 6.07) is 9.65. The van der Waals surface area contributed by atoms with Crippen molar-refractivity contribution >= 4 is 39.7 Å². The largest absolute Gasteiger partial charge is 0.361 e. The van der Waals surface area contributed by atoms with E-state index in [9.17, 15) is 4.79 Å². The third kappa shape index (κ3) is 2.32. The zero-order valence-electron chi connectivity index (χ0n) is 11.9. The van der Waals surface area contributed by atoms with Crippen LogP contribution in [0, 0.1) is 0 Å². The first-order chi connectivity index (χ1) is 10.7. The number of carbonyl (C=O) groups is 1. The molecule has 1 saturated carbocycles. The highest BCUT2D eigenvalue weighted by Crippen LogP contribution is 2.50. The van der Waals surface area contributed by atoms with E-state index in [0.717, 1.165) is 33.6 Å². The van der Waals surface area contributed by atoms with E-state index in [-0.39, 0.29) is 11.3 Å². The van der Waals surface area contributed by atoms with Crippen molar-refractivity contribution in [1.82, 2.24) is 10.3 Å². The lowest BCUT2D eigenvalue weighted by molar-refractivity contribution is 0.0954. The standard InChI is InChI=1S/C17H15ClN2OS/c18-11-3-4-14-12(8-11)13(9-19-14)17(5-6-17)10-20-16(21)15-2-1-7-22-15/h1-4,7-9,19H,5-6,10H2,(H,20,21). The summed E-state index contributed by atoms with van der Waals surface area (Å²) < 4.78 is 0. The summed E-state index contributed by atoms with van der Waals surface area (Å²) >= 11 is 7.60. The average Bonchev–Trinajstić information content (AvgIpc) is 2.95. The van der Waals surface area contributed by atoms with Crippen LogP contribution in [0.1, 0.15) is 28.1 Å². The number of halogens is 1. The van der Waals surface area contributed by atoms with Gasteiger partial charge in [0.25, 0.3) is 5.91 Å². The lowest BCUT2D eigenvalue weighted by Gasteiger charge is -2.15. The molecule has 3 aromatic rings. The van der Waals surface area contributed by atoms with Crippen molar-refractivity contribution in [3.63, 3.8) is 0 Å². The van der Waals surface area contributed by atoms with E-state index in [1.807, 2.05) is 35.7 Å². The zero-order valence-corrected chi connectivity index (χ0v) is 13.4. The Morgan fingerprint density at radius 1 is 1.36 bits per heavy atom. The van der Waals surface area contributed by atoms with Crippen LogP contribution in [0.25, 0.3) is 10.9 Å². The summed E-state index contributed by atoms with van der Waals surface area (Å²) in [5, 5.41) is 6.90. The molecule has 1 fully saturated rings. The van der Waals surface area contributed by atoms with Gasteiger partial charge in [-0.2, -0.15) is 0 Å². The van der Waals surface area contributed by atoms with E-state index in [4.69, 9.17) is 11.6 Å². The SMILES string of the molecule is O=C(NCC1(c2c[nH]c3ccc(Cl)cc23)CC1)c1cccs1. The lowest BCUT2D eigenvalue weighted by Crippen LogP contribution is -2.31. The highest BCUT2D eigenvalue weighted by atomic mass is 35.5. The molecule has 0 unspecified atom stereocenters. The number of nitrogens with one attached hydrogen (secondary N) is 2. The molecule has 5 heteroatoms. The molecule has 1 aliphatic rings. The van der Waals surface area contributed by atoms with Crippen molar-refractivity contribution in [2.75, 3.05) is 6.54 Å². The maximum absolute atomic E-state index is 12.1. The molecule has 0 saturated heterocycles. The first kappa shape index (κ1) is 13.9. The number of thiophene rings is 1. The molecule has 1 aromatic carbocycles. The lowest BCUT2D eigenvalue weighted by atomic mass is 9.95. The Balaban J connectivity index is 1.58. The van der Waals surface area contributed by atoms with Gasteiger partial charge >= 0.3 is 0 Å². The number of fused-ring (bicyclic) bond motifs is 1. The second kappa shape index (κ2) is 5.14. The highest BCUT2D eigenvalue weighted by Gasteiger charge is 2.45. The molecule has 2 aromatic heterocycles. The van der Waals surface area contributed by atoms with Crippen molar-refractivity contribution in [2.45, 2.75) is 18.3 Å². The first-order valence-corrected chi connectivity index (χ1v) is 8.53. The molecule has 112 valence electrons. The maximum atomic E-state index is 12.1. The fraction of sp³-hybridized carbons (Fsp3) is 0.235. The number of rotatable bonds is 4. The van der Waals surface area contributed by atoms with E-state index in [0.29, 0.717) is 6.54 Å². The van der Waals surface area contributed by atoms with Crippen LogP contribution in [0.15, 0.2) is 41.9 Å². The summed E-state index contributed by atoms with van der Waals surface area (Å²) in [5.41, 5.74) is 2.40. The first-order valence-electron chi connectivity index (χ1n) is 7.27. The van der Waals surface area contributed by atoms with Crippen LogP contribution in [-0.2, 0) is 5.41 Å². The van der Waals surface area contributed by atoms with Crippen molar-refractivity contribution in [1.29, 1.82) is 0 Å². The number of benzene rings is 1. The minimum Gasteiger partial charge on any atom is -0.361 e. The van der Waals surface area contributed by atoms with Gasteiger partial charge in [-0.15, -0.1) is 11.3 Å². The topological polar surface area (TPSA) is 44.9 Å². The number of hydrogen-bond donors (Lipinski definition) is 2. The van der Waals surface area contributed by atoms with Crippen LogP contribution in [0.2, 0.25) is 5.02 Å². The Hall–Kier alpha value is -1.78. The van der Waals surface area contributed by atoms with Crippen LogP contribution in [0.5, 0.6) is 0 Å². The number of amides is 1. The van der Waals surface area contributed by atoms with Crippen LogP contribution >= 0.6 is 22.9 Å². The fourth-order valence-corrected chi connectivity index (χ4v) is 3.78. The summed E-state index contributed by atoms with van der Waals surface area (Å²) in [7, 11) is 0. The number of aromatic amines is 1. The van der Waals surface area contributed by atoms with Crippen LogP contribution < -0.4 is 5.32 Å². The Bertz CT molecular complexity index is 834. The molecule has 4 rings (SSSR count). The van der Waals surface area contributed by atoms with Gasteiger partial charge in [0.05, 0.1) is 4.88 Å². The van der Waals surface area contributed by atoms with Crippen LogP contribution in [-0.4, -0.2) is 17.4 Å². The summed E-state index contributed by atoms with van der Waals surface area (Å²) in [4.78, 5) is 16.2. The normalized spacial score (nSPS) is 15.9. The van der Waals surface area contributed by atoms with Gasteiger partial charge in [0.15, 0.2) is 0 Å². The number of carbonyl (C=O) groups excluding carboxylic acids is 1. The smallest absolute Gasteiger partial charge is 0.261 e. The zero-order chi connectivity index (χ0) is 15.2. The van der Waals surface area contributed by atoms with Crippen LogP contribution in [0.4, 0.5) is 0 Å². The average molecular weight is 331 g/mol. The Labute approximate surface area is 137 Å². The van der Waals surface area contributed by atoms with Gasteiger partial charge < -0.3 is 10.3 Å². The Morgan fingerprint density at radius 2 is 2.23 bits per heavy atom. The highest BCUT2D eigenvalue weighted by molar-refractivity contribution is 7.12. The molecular weight excluding hydrogens is 316 g/mol. The van der Waals surface area contributed by atoms with Gasteiger partial charge in [-0.1, -0.05) is 17.7 Å². The van der Waals surface area contributed by atoms with E-state index in [2.05, 4.69) is 16.5 Å². The second-order valence-electron chi connectivity index (χ2n) is 5.83.